The third-order valence-corrected chi connectivity index (χ3v) is 7.99. The molecule has 0 aliphatic carbocycles. The van der Waals surface area contributed by atoms with Gasteiger partial charge in [0.05, 0.1) is 18.4 Å². The Morgan fingerprint density at radius 1 is 1.11 bits per heavy atom. The first-order valence-electron chi connectivity index (χ1n) is 11.9. The fraction of sp³-hybridized carbons (Fsp3) is 0.385. The number of likely N-dealkylation sites (tertiary alicyclic amines) is 1. The molecule has 0 unspecified atom stereocenters. The lowest BCUT2D eigenvalue weighted by atomic mass is 9.76. The number of imide groups is 1. The largest absolute Gasteiger partial charge is 0.454 e. The van der Waals surface area contributed by atoms with Crippen LogP contribution in [0.1, 0.15) is 35.1 Å². The van der Waals surface area contributed by atoms with Gasteiger partial charge in [0.1, 0.15) is 5.54 Å². The normalized spacial score (nSPS) is 27.6. The van der Waals surface area contributed by atoms with E-state index in [1.165, 1.54) is 4.90 Å². The van der Waals surface area contributed by atoms with Crippen LogP contribution in [0.2, 0.25) is 0 Å². The van der Waals surface area contributed by atoms with Gasteiger partial charge in [0.2, 0.25) is 30.4 Å². The van der Waals surface area contributed by atoms with Crippen LogP contribution < -0.4 is 25.8 Å². The molecular weight excluding hydrogens is 464 g/mol. The molecule has 2 fully saturated rings. The maximum Gasteiger partial charge on any atom is 0.250 e. The highest BCUT2D eigenvalue weighted by Crippen LogP contribution is 2.54. The average Bonchev–Trinajstić information content (AvgIpc) is 3.57. The molecule has 2 aromatic carbocycles. The van der Waals surface area contributed by atoms with E-state index in [1.54, 1.807) is 18.2 Å². The quantitative estimate of drug-likeness (QED) is 0.536. The third kappa shape index (κ3) is 3.00. The monoisotopic (exact) mass is 490 g/mol. The first kappa shape index (κ1) is 22.5. The van der Waals surface area contributed by atoms with E-state index in [2.05, 4.69) is 10.6 Å². The van der Waals surface area contributed by atoms with Crippen LogP contribution in [0.25, 0.3) is 0 Å². The maximum atomic E-state index is 13.9. The summed E-state index contributed by atoms with van der Waals surface area (Å²) >= 11 is 0. The van der Waals surface area contributed by atoms with E-state index >= 15 is 0 Å². The van der Waals surface area contributed by atoms with E-state index in [0.717, 1.165) is 11.1 Å². The van der Waals surface area contributed by atoms with Crippen LogP contribution in [-0.2, 0) is 31.3 Å². The summed E-state index contributed by atoms with van der Waals surface area (Å²) < 4.78 is 10.8. The van der Waals surface area contributed by atoms with E-state index in [9.17, 15) is 19.2 Å². The van der Waals surface area contributed by atoms with Crippen LogP contribution in [0.3, 0.4) is 0 Å². The van der Waals surface area contributed by atoms with Gasteiger partial charge >= 0.3 is 0 Å². The number of primary amides is 1. The van der Waals surface area contributed by atoms with Gasteiger partial charge < -0.3 is 20.5 Å². The Kier molecular flexibility index (Phi) is 4.88. The highest BCUT2D eigenvalue weighted by Gasteiger charge is 2.70. The van der Waals surface area contributed by atoms with Crippen molar-refractivity contribution in [2.24, 2.45) is 17.6 Å². The summed E-state index contributed by atoms with van der Waals surface area (Å²) in [6.45, 7) is 4.03. The summed E-state index contributed by atoms with van der Waals surface area (Å²) in [7, 11) is 0. The summed E-state index contributed by atoms with van der Waals surface area (Å²) in [6.07, 6.45) is 0.268. The van der Waals surface area contributed by atoms with Crippen LogP contribution in [0.4, 0.5) is 5.69 Å². The van der Waals surface area contributed by atoms with Gasteiger partial charge in [-0.05, 0) is 49.1 Å². The van der Waals surface area contributed by atoms with Gasteiger partial charge in [-0.2, -0.15) is 0 Å². The molecule has 4 heterocycles. The lowest BCUT2D eigenvalue weighted by Crippen LogP contribution is -2.53. The lowest BCUT2D eigenvalue weighted by molar-refractivity contribution is -0.143. The minimum absolute atomic E-state index is 0.0298. The van der Waals surface area contributed by atoms with E-state index in [0.29, 0.717) is 28.3 Å². The van der Waals surface area contributed by atoms with Crippen molar-refractivity contribution in [3.8, 4) is 11.5 Å². The number of fused-ring (bicyclic) bond motifs is 5. The zero-order chi connectivity index (χ0) is 25.4. The van der Waals surface area contributed by atoms with Crippen molar-refractivity contribution in [2.75, 3.05) is 12.1 Å². The van der Waals surface area contributed by atoms with E-state index in [4.69, 9.17) is 15.2 Å². The number of nitrogens with two attached hydrogens (primary N) is 1. The van der Waals surface area contributed by atoms with Crippen molar-refractivity contribution in [1.29, 1.82) is 0 Å². The van der Waals surface area contributed by atoms with Crippen LogP contribution >= 0.6 is 0 Å². The first-order chi connectivity index (χ1) is 17.2. The average molecular weight is 491 g/mol. The van der Waals surface area contributed by atoms with Gasteiger partial charge in [-0.3, -0.25) is 29.4 Å². The Bertz CT molecular complexity index is 1360. The van der Waals surface area contributed by atoms with Crippen molar-refractivity contribution < 1.29 is 28.7 Å². The predicted octanol–water partition coefficient (Wildman–Crippen LogP) is 1.22. The van der Waals surface area contributed by atoms with Crippen molar-refractivity contribution >= 4 is 29.3 Å². The molecule has 0 bridgehead atoms. The number of anilines is 1. The molecule has 6 rings (SSSR count). The number of nitrogens with zero attached hydrogens (tertiary/aromatic N) is 1. The molecule has 10 heteroatoms. The standard InChI is InChI=1S/C26H26N4O6/c1-12-3-5-15-22(13(12)2)28-25(34)26(15)21-20(16(29-26)6-8-19(27)31)23(32)30(24(21)33)10-14-4-7-17-18(9-14)36-11-35-17/h3-5,7,9,16,20-21,29H,6,8,10-11H2,1-2H3,(H2,27,31)(H,28,34)/t16-,20+,21-,26+/m0/s1. The topological polar surface area (TPSA) is 140 Å². The number of nitrogens with one attached hydrogen (secondary N) is 2. The van der Waals surface area contributed by atoms with Crippen LogP contribution in [0.15, 0.2) is 30.3 Å². The summed E-state index contributed by atoms with van der Waals surface area (Å²) in [5.74, 6) is -2.25. The Morgan fingerprint density at radius 2 is 1.89 bits per heavy atom. The fourth-order valence-electron chi connectivity index (χ4n) is 6.10. The molecule has 4 aliphatic heterocycles. The van der Waals surface area contributed by atoms with Crippen LogP contribution in [-0.4, -0.2) is 41.4 Å². The van der Waals surface area contributed by atoms with Gasteiger partial charge in [-0.15, -0.1) is 0 Å². The predicted molar refractivity (Wildman–Crippen MR) is 127 cm³/mol. The molecular formula is C26H26N4O6. The summed E-state index contributed by atoms with van der Waals surface area (Å²) in [6, 6.07) is 8.46. The van der Waals surface area contributed by atoms with E-state index < -0.39 is 35.2 Å². The molecule has 4 amide bonds. The van der Waals surface area contributed by atoms with Gasteiger partial charge in [0.25, 0.3) is 0 Å². The maximum absolute atomic E-state index is 13.9. The molecule has 36 heavy (non-hydrogen) atoms. The molecule has 0 saturated carbocycles. The van der Waals surface area contributed by atoms with Gasteiger partial charge in [-0.25, -0.2) is 0 Å². The Balaban J connectivity index is 1.41. The molecule has 2 saturated heterocycles. The summed E-state index contributed by atoms with van der Waals surface area (Å²) in [5, 5.41) is 6.29. The van der Waals surface area contributed by atoms with Crippen molar-refractivity contribution in [2.45, 2.75) is 44.8 Å². The molecule has 0 aromatic heterocycles. The number of carbonyl (C=O) groups excluding carboxylic acids is 4. The minimum atomic E-state index is -1.41. The SMILES string of the molecule is Cc1ccc2c(c1C)NC(=O)[C@@]21N[C@@H](CCC(N)=O)[C@H]2C(=O)N(Cc3ccc4c(c3)OCO4)C(=O)[C@H]21. The Morgan fingerprint density at radius 3 is 2.67 bits per heavy atom. The first-order valence-corrected chi connectivity index (χ1v) is 11.9. The van der Waals surface area contributed by atoms with Crippen molar-refractivity contribution in [3.63, 3.8) is 0 Å². The zero-order valence-electron chi connectivity index (χ0n) is 19.9. The second kappa shape index (κ2) is 7.79. The molecule has 4 atom stereocenters. The second-order valence-electron chi connectivity index (χ2n) is 9.90. The Hall–Kier alpha value is -3.92. The summed E-state index contributed by atoms with van der Waals surface area (Å²) in [5.41, 5.74) is 7.93. The van der Waals surface area contributed by atoms with Gasteiger partial charge in [-0.1, -0.05) is 18.2 Å². The van der Waals surface area contributed by atoms with Gasteiger partial charge in [0, 0.05) is 23.7 Å². The molecule has 4 aliphatic rings. The number of rotatable bonds is 5. The molecule has 1 spiro atoms. The molecule has 4 N–H and O–H groups in total. The number of hydrogen-bond acceptors (Lipinski definition) is 7. The van der Waals surface area contributed by atoms with Crippen molar-refractivity contribution in [3.05, 3.63) is 52.6 Å². The number of carbonyl (C=O) groups is 4. The van der Waals surface area contributed by atoms with E-state index in [-0.39, 0.29) is 38.0 Å². The number of benzene rings is 2. The highest BCUT2D eigenvalue weighted by molar-refractivity contribution is 6.15. The second-order valence-corrected chi connectivity index (χ2v) is 9.90. The van der Waals surface area contributed by atoms with E-state index in [1.807, 2.05) is 26.0 Å². The molecule has 10 nitrogen and oxygen atoms in total. The van der Waals surface area contributed by atoms with Crippen LogP contribution in [0, 0.1) is 25.7 Å². The Labute approximate surface area is 207 Å². The number of amides is 4. The lowest BCUT2D eigenvalue weighted by Gasteiger charge is -2.29. The molecule has 2 aromatic rings. The smallest absolute Gasteiger partial charge is 0.250 e. The highest BCUT2D eigenvalue weighted by atomic mass is 16.7. The third-order valence-electron chi connectivity index (χ3n) is 7.99. The van der Waals surface area contributed by atoms with Gasteiger partial charge in [0.15, 0.2) is 11.5 Å². The fourth-order valence-corrected chi connectivity index (χ4v) is 6.10. The number of hydrogen-bond donors (Lipinski definition) is 3. The number of ether oxygens (including phenoxy) is 2. The summed E-state index contributed by atoms with van der Waals surface area (Å²) in [4.78, 5) is 54.1. The zero-order valence-corrected chi connectivity index (χ0v) is 19.9. The van der Waals surface area contributed by atoms with Crippen molar-refractivity contribution in [1.82, 2.24) is 10.2 Å². The number of aryl methyl sites for hydroxylation is 1. The minimum Gasteiger partial charge on any atom is -0.454 e. The molecule has 186 valence electrons. The van der Waals surface area contributed by atoms with Crippen LogP contribution in [0.5, 0.6) is 11.5 Å². The molecule has 0 radical (unpaired) electrons.